The first-order valence-corrected chi connectivity index (χ1v) is 10.8. The number of pyridine rings is 2. The van der Waals surface area contributed by atoms with Gasteiger partial charge in [0.05, 0.1) is 22.5 Å². The number of nitrogens with zero attached hydrogens (tertiary/aromatic N) is 3. The van der Waals surface area contributed by atoms with Gasteiger partial charge in [0.25, 0.3) is 5.91 Å². The normalized spacial score (nSPS) is 15.2. The summed E-state index contributed by atoms with van der Waals surface area (Å²) >= 11 is 0. The van der Waals surface area contributed by atoms with Crippen LogP contribution in [0.4, 0.5) is 26.0 Å². The van der Waals surface area contributed by atoms with Crippen molar-refractivity contribution in [1.29, 1.82) is 0 Å². The molecule has 1 amide bonds. The number of aliphatic carboxylic acids is 1. The lowest BCUT2D eigenvalue weighted by atomic mass is 9.99. The van der Waals surface area contributed by atoms with Gasteiger partial charge in [0.2, 0.25) is 6.35 Å². The highest BCUT2D eigenvalue weighted by molar-refractivity contribution is 6.03. The zero-order valence-electron chi connectivity index (χ0n) is 18.9. The largest absolute Gasteiger partial charge is 0.481 e. The molecule has 1 atom stereocenters. The number of carbonyl (C=O) groups excluding carboxylic acids is 1. The first-order valence-electron chi connectivity index (χ1n) is 10.8. The fourth-order valence-electron chi connectivity index (χ4n) is 4.06. The summed E-state index contributed by atoms with van der Waals surface area (Å²) in [5.41, 5.74) is 6.26. The Morgan fingerprint density at radius 3 is 2.66 bits per heavy atom. The number of rotatable bonds is 6. The van der Waals surface area contributed by atoms with E-state index >= 15 is 4.39 Å². The monoisotopic (exact) mass is 483 g/mol. The molecule has 3 heterocycles. The Bertz CT molecular complexity index is 1310. The number of aliphatic hydroxyl groups excluding tert-OH is 1. The minimum absolute atomic E-state index is 0.0601. The number of hydrogen-bond donors (Lipinski definition) is 4. The second-order valence-corrected chi connectivity index (χ2v) is 8.36. The molecule has 2 aromatic heterocycles. The maximum Gasteiger partial charge on any atom is 0.303 e. The maximum atomic E-state index is 15.1. The topological polar surface area (TPSA) is 142 Å². The first kappa shape index (κ1) is 24.0. The number of nitrogen functional groups attached to an aromatic ring is 1. The Morgan fingerprint density at radius 2 is 2.00 bits per heavy atom. The Morgan fingerprint density at radius 1 is 1.26 bits per heavy atom. The minimum atomic E-state index is -1.64. The molecule has 3 aromatic rings. The highest BCUT2D eigenvalue weighted by Gasteiger charge is 2.37. The van der Waals surface area contributed by atoms with Crippen LogP contribution in [0.5, 0.6) is 0 Å². The van der Waals surface area contributed by atoms with E-state index < -0.39 is 35.6 Å². The maximum absolute atomic E-state index is 15.1. The van der Waals surface area contributed by atoms with Crippen LogP contribution in [0.3, 0.4) is 0 Å². The van der Waals surface area contributed by atoms with Gasteiger partial charge in [0.15, 0.2) is 5.82 Å². The summed E-state index contributed by atoms with van der Waals surface area (Å²) in [6.45, 7) is 3.71. The number of benzene rings is 1. The SMILES string of the molecule is CC(C)c1nccc(CCC(=O)O)c1N1c2nc(-c3c(N)cccc3F)c(F)cc2C(=O)NC1O. The van der Waals surface area contributed by atoms with Gasteiger partial charge in [-0.25, -0.2) is 13.8 Å². The molecule has 1 aliphatic heterocycles. The van der Waals surface area contributed by atoms with Crippen LogP contribution < -0.4 is 16.0 Å². The molecular weight excluding hydrogens is 460 g/mol. The number of aromatic nitrogens is 2. The van der Waals surface area contributed by atoms with Crippen LogP contribution in [-0.2, 0) is 11.2 Å². The zero-order chi connectivity index (χ0) is 25.4. The fraction of sp³-hybridized carbons (Fsp3) is 0.250. The third kappa shape index (κ3) is 4.37. The Labute approximate surface area is 199 Å². The number of amides is 1. The number of carbonyl (C=O) groups is 2. The van der Waals surface area contributed by atoms with Crippen molar-refractivity contribution in [2.45, 2.75) is 39.0 Å². The van der Waals surface area contributed by atoms with E-state index in [4.69, 9.17) is 5.73 Å². The molecule has 0 radical (unpaired) electrons. The third-order valence-electron chi connectivity index (χ3n) is 5.65. The van der Waals surface area contributed by atoms with E-state index in [2.05, 4.69) is 15.3 Å². The van der Waals surface area contributed by atoms with Crippen LogP contribution in [0.25, 0.3) is 11.3 Å². The predicted octanol–water partition coefficient (Wildman–Crippen LogP) is 3.30. The van der Waals surface area contributed by atoms with Gasteiger partial charge in [-0.15, -0.1) is 0 Å². The van der Waals surface area contributed by atoms with Crippen LogP contribution in [0.2, 0.25) is 0 Å². The number of anilines is 3. The number of nitrogens with two attached hydrogens (primary N) is 1. The van der Waals surface area contributed by atoms with Crippen LogP contribution in [0.15, 0.2) is 36.5 Å². The van der Waals surface area contributed by atoms with Gasteiger partial charge in [-0.2, -0.15) is 0 Å². The molecule has 35 heavy (non-hydrogen) atoms. The van der Waals surface area contributed by atoms with Crippen LogP contribution in [0.1, 0.15) is 47.8 Å². The van der Waals surface area contributed by atoms with Crippen LogP contribution in [-0.4, -0.2) is 38.4 Å². The second kappa shape index (κ2) is 9.26. The quantitative estimate of drug-likeness (QED) is 0.391. The lowest BCUT2D eigenvalue weighted by Gasteiger charge is -2.37. The summed E-state index contributed by atoms with van der Waals surface area (Å²) in [6.07, 6.45) is -0.224. The highest BCUT2D eigenvalue weighted by Crippen LogP contribution is 2.41. The van der Waals surface area contributed by atoms with Crippen molar-refractivity contribution in [3.63, 3.8) is 0 Å². The molecule has 1 aromatic carbocycles. The van der Waals surface area contributed by atoms with E-state index in [1.54, 1.807) is 6.07 Å². The number of aliphatic hydroxyl groups is 1. The Kier molecular flexibility index (Phi) is 6.35. The molecular formula is C24H23F2N5O4. The van der Waals surface area contributed by atoms with Crippen molar-refractivity contribution in [3.05, 3.63) is 65.0 Å². The molecule has 9 nitrogen and oxygen atoms in total. The van der Waals surface area contributed by atoms with E-state index in [1.165, 1.54) is 23.2 Å². The lowest BCUT2D eigenvalue weighted by Crippen LogP contribution is -2.51. The van der Waals surface area contributed by atoms with Gasteiger partial charge in [-0.1, -0.05) is 19.9 Å². The molecule has 1 unspecified atom stereocenters. The number of halogens is 2. The first-order chi connectivity index (χ1) is 16.6. The average Bonchev–Trinajstić information content (AvgIpc) is 2.78. The molecule has 0 saturated carbocycles. The van der Waals surface area contributed by atoms with Gasteiger partial charge in [-0.3, -0.25) is 19.5 Å². The summed E-state index contributed by atoms with van der Waals surface area (Å²) in [7, 11) is 0. The fourth-order valence-corrected chi connectivity index (χ4v) is 4.06. The number of fused-ring (bicyclic) bond motifs is 1. The van der Waals surface area contributed by atoms with Gasteiger partial charge in [0, 0.05) is 18.3 Å². The van der Waals surface area contributed by atoms with Crippen molar-refractivity contribution < 1.29 is 28.6 Å². The molecule has 0 spiro atoms. The standard InChI is InChI=1S/C24H23F2N5O4/c1-11(2)19-21(12(8-9-28-19)6-7-17(32)33)31-22-13(23(34)30-24(31)35)10-15(26)20(29-22)18-14(25)4-3-5-16(18)27/h3-5,8-11,24,35H,6-7,27H2,1-2H3,(H,30,34)(H,32,33). The number of carboxylic acid groups (broad SMARTS) is 1. The minimum Gasteiger partial charge on any atom is -0.481 e. The van der Waals surface area contributed by atoms with Crippen LogP contribution >= 0.6 is 0 Å². The van der Waals surface area contributed by atoms with E-state index in [0.29, 0.717) is 16.9 Å². The summed E-state index contributed by atoms with van der Waals surface area (Å²) < 4.78 is 29.7. The molecule has 0 aliphatic carbocycles. The lowest BCUT2D eigenvalue weighted by molar-refractivity contribution is -0.136. The molecule has 0 fully saturated rings. The molecule has 0 saturated heterocycles. The summed E-state index contributed by atoms with van der Waals surface area (Å²) in [5, 5.41) is 22.5. The summed E-state index contributed by atoms with van der Waals surface area (Å²) in [5.74, 6) is -3.92. The van der Waals surface area contributed by atoms with E-state index in [1.807, 2.05) is 13.8 Å². The van der Waals surface area contributed by atoms with Gasteiger partial charge in [0.1, 0.15) is 17.3 Å². The van der Waals surface area contributed by atoms with E-state index in [-0.39, 0.29) is 41.4 Å². The summed E-state index contributed by atoms with van der Waals surface area (Å²) in [6, 6.07) is 6.37. The Hall–Kier alpha value is -4.12. The molecule has 4 rings (SSSR count). The third-order valence-corrected chi connectivity index (χ3v) is 5.65. The molecule has 11 heteroatoms. The van der Waals surface area contributed by atoms with Crippen molar-refractivity contribution in [2.24, 2.45) is 0 Å². The number of nitrogens with one attached hydrogen (secondary N) is 1. The van der Waals surface area contributed by atoms with Crippen molar-refractivity contribution in [1.82, 2.24) is 15.3 Å². The second-order valence-electron chi connectivity index (χ2n) is 8.36. The average molecular weight is 483 g/mol. The van der Waals surface area contributed by atoms with Crippen molar-refractivity contribution in [3.8, 4) is 11.3 Å². The van der Waals surface area contributed by atoms with Gasteiger partial charge < -0.3 is 21.3 Å². The smallest absolute Gasteiger partial charge is 0.303 e. The number of hydrogen-bond acceptors (Lipinski definition) is 7. The molecule has 5 N–H and O–H groups in total. The predicted molar refractivity (Wildman–Crippen MR) is 124 cm³/mol. The highest BCUT2D eigenvalue weighted by atomic mass is 19.1. The van der Waals surface area contributed by atoms with Crippen molar-refractivity contribution in [2.75, 3.05) is 10.6 Å². The number of carboxylic acids is 1. The molecule has 182 valence electrons. The molecule has 1 aliphatic rings. The van der Waals surface area contributed by atoms with E-state index in [9.17, 15) is 24.2 Å². The van der Waals surface area contributed by atoms with Gasteiger partial charge >= 0.3 is 5.97 Å². The molecule has 0 bridgehead atoms. The van der Waals surface area contributed by atoms with Crippen LogP contribution in [0, 0.1) is 11.6 Å². The Balaban J connectivity index is 2.00. The van der Waals surface area contributed by atoms with Crippen molar-refractivity contribution >= 4 is 29.1 Å². The van der Waals surface area contributed by atoms with E-state index in [0.717, 1.165) is 12.1 Å². The zero-order valence-corrected chi connectivity index (χ0v) is 18.9. The van der Waals surface area contributed by atoms with Gasteiger partial charge in [-0.05, 0) is 42.2 Å². The summed E-state index contributed by atoms with van der Waals surface area (Å²) in [4.78, 5) is 33.8. The number of aryl methyl sites for hydroxylation is 1.